The fraction of sp³-hybridized carbons (Fsp3) is 0.354. The summed E-state index contributed by atoms with van der Waals surface area (Å²) in [4.78, 5) is 79.1. The van der Waals surface area contributed by atoms with Gasteiger partial charge in [-0.05, 0) is 182 Å². The molecule has 0 aromatic heterocycles. The number of aliphatic hydroxyl groups excluding tert-OH is 1. The van der Waals surface area contributed by atoms with E-state index >= 15 is 0 Å². The van der Waals surface area contributed by atoms with Crippen LogP contribution in [0.4, 0.5) is 9.59 Å². The molecule has 0 heterocycles. The van der Waals surface area contributed by atoms with Crippen LogP contribution in [0.5, 0.6) is 28.7 Å². The van der Waals surface area contributed by atoms with E-state index in [1.54, 1.807) is 56.3 Å². The van der Waals surface area contributed by atoms with Crippen LogP contribution in [0.25, 0.3) is 6.08 Å². The van der Waals surface area contributed by atoms with E-state index in [-0.39, 0.29) is 51.5 Å². The van der Waals surface area contributed by atoms with Crippen LogP contribution in [0.15, 0.2) is 202 Å². The van der Waals surface area contributed by atoms with Crippen molar-refractivity contribution in [1.29, 1.82) is 0 Å². The quantitative estimate of drug-likeness (QED) is 0.0121. The number of carbonyl (C=O) groups excluding carboxylic acids is 7. The molecule has 0 spiro atoms. The Morgan fingerprint density at radius 1 is 0.410 bits per heavy atom. The zero-order valence-corrected chi connectivity index (χ0v) is 60.4. The molecular weight excluding hydrogens is 1270 g/mol. The van der Waals surface area contributed by atoms with Crippen LogP contribution < -0.4 is 34.3 Å². The highest BCUT2D eigenvalue weighted by Gasteiger charge is 2.14. The van der Waals surface area contributed by atoms with Gasteiger partial charge in [0, 0.05) is 23.3 Å². The van der Waals surface area contributed by atoms with E-state index in [9.17, 15) is 38.7 Å². The molecule has 0 fully saturated rings. The average Bonchev–Trinajstić information content (AvgIpc) is 0.928. The number of aliphatic hydroxyl groups is 1. The number of rotatable bonds is 31. The Balaban J connectivity index is 0.000000426. The lowest BCUT2D eigenvalue weighted by atomic mass is 9.99. The Kier molecular flexibility index (Phi) is 41.5. The van der Waals surface area contributed by atoms with Crippen LogP contribution in [-0.4, -0.2) is 92.8 Å². The van der Waals surface area contributed by atoms with Gasteiger partial charge in [-0.2, -0.15) is 0 Å². The lowest BCUT2D eigenvalue weighted by Crippen LogP contribution is -2.30. The molecule has 0 aliphatic rings. The smallest absolute Gasteiger partial charge is 0.412 e. The number of carbonyl (C=O) groups is 7. The van der Waals surface area contributed by atoms with Gasteiger partial charge in [-0.25, -0.2) is 33.6 Å². The molecular formula is C82H104N2O16. The summed E-state index contributed by atoms with van der Waals surface area (Å²) >= 11 is 0. The summed E-state index contributed by atoms with van der Waals surface area (Å²) in [6, 6.07) is 45.2. The first-order valence-corrected chi connectivity index (χ1v) is 33.7. The molecule has 0 saturated heterocycles. The number of ether oxygens (including phenoxy) is 8. The van der Waals surface area contributed by atoms with Gasteiger partial charge in [-0.1, -0.05) is 181 Å². The van der Waals surface area contributed by atoms with Crippen LogP contribution in [0, 0.1) is 0 Å². The predicted molar refractivity (Wildman–Crippen MR) is 395 cm³/mol. The van der Waals surface area contributed by atoms with Crippen molar-refractivity contribution in [2.45, 2.75) is 151 Å². The summed E-state index contributed by atoms with van der Waals surface area (Å²) in [6.45, 7) is 42.5. The molecule has 0 bridgehead atoms. The minimum Gasteiger partial charge on any atom is -0.491 e. The number of amides is 2. The van der Waals surface area contributed by atoms with Gasteiger partial charge in [0.2, 0.25) is 0 Å². The molecule has 18 nitrogen and oxygen atoms in total. The van der Waals surface area contributed by atoms with Crippen LogP contribution in [0.2, 0.25) is 0 Å². The summed E-state index contributed by atoms with van der Waals surface area (Å²) in [5.74, 6) is 3.03. The largest absolute Gasteiger partial charge is 0.491 e. The van der Waals surface area contributed by atoms with Crippen LogP contribution >= 0.6 is 0 Å². The van der Waals surface area contributed by atoms with E-state index in [4.69, 9.17) is 37.9 Å². The Morgan fingerprint density at radius 2 is 0.730 bits per heavy atom. The number of hydrogen-bond donors (Lipinski definition) is 3. The maximum absolute atomic E-state index is 12.0. The van der Waals surface area contributed by atoms with Gasteiger partial charge in [0.25, 0.3) is 0 Å². The van der Waals surface area contributed by atoms with Crippen molar-refractivity contribution in [1.82, 2.24) is 10.6 Å². The highest BCUT2D eigenvalue weighted by Crippen LogP contribution is 2.26. The van der Waals surface area contributed by atoms with E-state index < -0.39 is 36.2 Å². The molecule has 3 N–H and O–H groups in total. The predicted octanol–water partition coefficient (Wildman–Crippen LogP) is 17.8. The molecule has 0 saturated carbocycles. The van der Waals surface area contributed by atoms with Crippen LogP contribution in [0.3, 0.4) is 0 Å². The number of hydrogen-bond acceptors (Lipinski definition) is 16. The summed E-state index contributed by atoms with van der Waals surface area (Å²) in [6.07, 6.45) is 7.25. The van der Waals surface area contributed by atoms with Gasteiger partial charge >= 0.3 is 42.0 Å². The van der Waals surface area contributed by atoms with Crippen LogP contribution in [0.1, 0.15) is 189 Å². The standard InChI is InChI=1S/C19H20O2.C17H23NO4.C16H21NO4.C16H22O4.C14H18O2/c1-4-14(3)16-10-12-18(13-11-16)21-19(20)17-8-6-15(5-2)7-9-17;1-5-13(4)14-6-8-15(9-7-14)22-17(20)18-10-11-21-16(19)12(2)3;1-4-12(3)13-6-8-14(9-7-13)21-16(19)17-10-11-20-15(18)5-2;1-4-12(3)13-6-8-15(9-7-13)19-10-14(17)11-20-16(18)5-2;1-5-11(4)12-6-8-13(9-7-12)16-14(15)10(2)3/h5-14H,2,4H2,1,3H3;6-9,13H,2,5,10-11H2,1,3-4H3,(H,18,20);5-9,12H,2,4,10-11H2,1,3H3,(H,17,19);5-9,12,14,17H,2,4,10-11H2,1,3H3;6-9,11H,2,5H2,1,3-4H3. The zero-order valence-electron chi connectivity index (χ0n) is 60.4. The van der Waals surface area contributed by atoms with Gasteiger partial charge in [-0.15, -0.1) is 0 Å². The third kappa shape index (κ3) is 34.7. The third-order valence-corrected chi connectivity index (χ3v) is 15.6. The first-order valence-electron chi connectivity index (χ1n) is 33.7. The fourth-order valence-electron chi connectivity index (χ4n) is 8.19. The molecule has 6 rings (SSSR count). The molecule has 0 aliphatic heterocycles. The first-order chi connectivity index (χ1) is 47.7. The summed E-state index contributed by atoms with van der Waals surface area (Å²) < 4.78 is 40.4. The molecule has 18 heteroatoms. The molecule has 6 unspecified atom stereocenters. The number of nitrogens with one attached hydrogen (secondary N) is 2. The maximum Gasteiger partial charge on any atom is 0.412 e. The van der Waals surface area contributed by atoms with Crippen molar-refractivity contribution < 1.29 is 76.6 Å². The monoisotopic (exact) mass is 1370 g/mol. The molecule has 2 amide bonds. The lowest BCUT2D eigenvalue weighted by Gasteiger charge is -2.13. The molecule has 538 valence electrons. The molecule has 0 aliphatic carbocycles. The van der Waals surface area contributed by atoms with Gasteiger partial charge < -0.3 is 53.6 Å². The Hall–Kier alpha value is -10.3. The summed E-state index contributed by atoms with van der Waals surface area (Å²) in [5, 5.41) is 14.6. The van der Waals surface area contributed by atoms with Gasteiger partial charge in [0.15, 0.2) is 0 Å². The van der Waals surface area contributed by atoms with E-state index in [1.807, 2.05) is 109 Å². The highest BCUT2D eigenvalue weighted by atomic mass is 16.6. The summed E-state index contributed by atoms with van der Waals surface area (Å²) in [7, 11) is 0. The van der Waals surface area contributed by atoms with E-state index in [0.29, 0.717) is 75.0 Å². The minimum atomic E-state index is -0.854. The normalized spacial score (nSPS) is 11.9. The molecule has 0 radical (unpaired) electrons. The van der Waals surface area contributed by atoms with Gasteiger partial charge in [0.1, 0.15) is 61.3 Å². The molecule has 6 aromatic rings. The molecule has 6 aromatic carbocycles. The van der Waals surface area contributed by atoms with Crippen molar-refractivity contribution in [2.75, 3.05) is 39.5 Å². The van der Waals surface area contributed by atoms with Crippen molar-refractivity contribution in [3.8, 4) is 28.7 Å². The lowest BCUT2D eigenvalue weighted by molar-refractivity contribution is -0.141. The first kappa shape index (κ1) is 85.8. The van der Waals surface area contributed by atoms with Gasteiger partial charge in [0.05, 0.1) is 18.7 Å². The SMILES string of the molecule is C=C(C)C(=O)OCCNC(=O)Oc1ccc(C(C)CC)cc1.C=C(C)C(=O)Oc1ccc(C(C)CC)cc1.C=CC(=O)OCC(O)COc1ccc(C(C)CC)cc1.C=CC(=O)OCCNC(=O)Oc1ccc(C(C)CC)cc1.C=Cc1ccc(C(=O)Oc2ccc(C(C)CC)cc2)cc1. The second-order valence-corrected chi connectivity index (χ2v) is 23.5. The molecule has 100 heavy (non-hydrogen) atoms. The third-order valence-electron chi connectivity index (χ3n) is 15.6. The average molecular weight is 1370 g/mol. The zero-order chi connectivity index (χ0) is 74.5. The van der Waals surface area contributed by atoms with Crippen molar-refractivity contribution in [2.24, 2.45) is 0 Å². The topological polar surface area (TPSA) is 238 Å². The molecule has 6 atom stereocenters. The van der Waals surface area contributed by atoms with E-state index in [2.05, 4.69) is 113 Å². The van der Waals surface area contributed by atoms with Crippen molar-refractivity contribution in [3.63, 3.8) is 0 Å². The van der Waals surface area contributed by atoms with Crippen molar-refractivity contribution >= 4 is 48.1 Å². The van der Waals surface area contributed by atoms with E-state index in [1.165, 1.54) is 27.8 Å². The maximum atomic E-state index is 12.0. The second kappa shape index (κ2) is 48.4. The Morgan fingerprint density at radius 3 is 1.06 bits per heavy atom. The highest BCUT2D eigenvalue weighted by molar-refractivity contribution is 5.91. The van der Waals surface area contributed by atoms with Crippen molar-refractivity contribution in [3.05, 3.63) is 241 Å². The van der Waals surface area contributed by atoms with Gasteiger partial charge in [-0.3, -0.25) is 0 Å². The van der Waals surface area contributed by atoms with E-state index in [0.717, 1.165) is 49.8 Å². The van der Waals surface area contributed by atoms with Crippen LogP contribution in [-0.2, 0) is 33.4 Å². The summed E-state index contributed by atoms with van der Waals surface area (Å²) in [5.41, 5.74) is 8.44. The number of benzene rings is 6. The Bertz CT molecular complexity index is 3490. The minimum absolute atomic E-state index is 0.0763. The fourth-order valence-corrected chi connectivity index (χ4v) is 8.19. The Labute approximate surface area is 592 Å². The second-order valence-electron chi connectivity index (χ2n) is 23.5. The number of esters is 5.